The van der Waals surface area contributed by atoms with Crippen molar-refractivity contribution in [3.63, 3.8) is 0 Å². The highest BCUT2D eigenvalue weighted by Gasteiger charge is 2.01. The molecule has 0 spiro atoms. The van der Waals surface area contributed by atoms with E-state index in [4.69, 9.17) is 5.73 Å². The number of hydrogen-bond acceptors (Lipinski definition) is 4. The largest absolute Gasteiger partial charge is 0.324 e. The summed E-state index contributed by atoms with van der Waals surface area (Å²) in [6.07, 6.45) is 3.56. The summed E-state index contributed by atoms with van der Waals surface area (Å²) in [5.41, 5.74) is 6.36. The van der Waals surface area contributed by atoms with Crippen LogP contribution in [0.15, 0.2) is 18.6 Å². The lowest BCUT2D eigenvalue weighted by molar-refractivity contribution is 0.640. The number of hydrogen-bond donors (Lipinski definition) is 1. The first-order valence-corrected chi connectivity index (χ1v) is 4.35. The predicted molar refractivity (Wildman–Crippen MR) is 50.2 cm³/mol. The van der Waals surface area contributed by atoms with Crippen LogP contribution < -0.4 is 5.73 Å². The molecule has 2 heterocycles. The van der Waals surface area contributed by atoms with Crippen LogP contribution in [0.4, 0.5) is 0 Å². The van der Waals surface area contributed by atoms with Crippen LogP contribution in [-0.2, 0) is 20.1 Å². The first-order valence-electron chi connectivity index (χ1n) is 4.35. The topological polar surface area (TPSA) is 74.5 Å². The lowest BCUT2D eigenvalue weighted by atomic mass is 10.4. The van der Waals surface area contributed by atoms with E-state index in [9.17, 15) is 0 Å². The van der Waals surface area contributed by atoms with Crippen molar-refractivity contribution in [2.75, 3.05) is 0 Å². The van der Waals surface area contributed by atoms with Gasteiger partial charge in [0.15, 0.2) is 5.82 Å². The summed E-state index contributed by atoms with van der Waals surface area (Å²) >= 11 is 0. The highest BCUT2D eigenvalue weighted by atomic mass is 15.3. The van der Waals surface area contributed by atoms with E-state index in [-0.39, 0.29) is 0 Å². The molecule has 0 fully saturated rings. The number of aryl methyl sites for hydroxylation is 1. The van der Waals surface area contributed by atoms with Crippen LogP contribution in [0.25, 0.3) is 0 Å². The van der Waals surface area contributed by atoms with Crippen LogP contribution in [0.3, 0.4) is 0 Å². The molecule has 0 atom stereocenters. The first kappa shape index (κ1) is 8.89. The molecule has 2 aromatic rings. The van der Waals surface area contributed by atoms with Gasteiger partial charge in [0.2, 0.25) is 0 Å². The molecule has 2 N–H and O–H groups in total. The molecule has 0 aliphatic carbocycles. The lowest BCUT2D eigenvalue weighted by Crippen LogP contribution is -2.04. The quantitative estimate of drug-likeness (QED) is 0.712. The second-order valence-electron chi connectivity index (χ2n) is 3.04. The fraction of sp³-hybridized carbons (Fsp3) is 0.375. The second-order valence-corrected chi connectivity index (χ2v) is 3.04. The summed E-state index contributed by atoms with van der Waals surface area (Å²) in [7, 11) is 1.89. The van der Waals surface area contributed by atoms with E-state index in [1.54, 1.807) is 15.7 Å². The Morgan fingerprint density at radius 1 is 1.43 bits per heavy atom. The van der Waals surface area contributed by atoms with Crippen LogP contribution in [0.1, 0.15) is 11.5 Å². The van der Waals surface area contributed by atoms with E-state index in [1.807, 2.05) is 19.3 Å². The Balaban J connectivity index is 2.10. The summed E-state index contributed by atoms with van der Waals surface area (Å²) in [5.74, 6) is 0.654. The summed E-state index contributed by atoms with van der Waals surface area (Å²) in [6, 6.07) is 1.95. The van der Waals surface area contributed by atoms with Gasteiger partial charge in [-0.05, 0) is 6.07 Å². The van der Waals surface area contributed by atoms with E-state index in [1.165, 1.54) is 0 Å². The van der Waals surface area contributed by atoms with E-state index < -0.39 is 0 Å². The third kappa shape index (κ3) is 1.80. The van der Waals surface area contributed by atoms with Crippen LogP contribution in [0.2, 0.25) is 0 Å². The monoisotopic (exact) mass is 192 g/mol. The molecule has 6 nitrogen and oxygen atoms in total. The number of nitrogens with zero attached hydrogens (tertiary/aromatic N) is 5. The first-order chi connectivity index (χ1) is 6.78. The molecule has 0 aliphatic rings. The van der Waals surface area contributed by atoms with Crippen molar-refractivity contribution in [1.29, 1.82) is 0 Å². The highest BCUT2D eigenvalue weighted by molar-refractivity contribution is 4.99. The Hall–Kier alpha value is -1.69. The molecule has 0 unspecified atom stereocenters. The number of aromatic nitrogens is 5. The zero-order chi connectivity index (χ0) is 9.97. The summed E-state index contributed by atoms with van der Waals surface area (Å²) in [5, 5.41) is 8.40. The van der Waals surface area contributed by atoms with Crippen molar-refractivity contribution in [1.82, 2.24) is 24.5 Å². The average Bonchev–Trinajstić information content (AvgIpc) is 2.76. The molecular weight excluding hydrogens is 180 g/mol. The van der Waals surface area contributed by atoms with Gasteiger partial charge in [0.05, 0.1) is 18.8 Å². The van der Waals surface area contributed by atoms with Crippen LogP contribution in [0, 0.1) is 0 Å². The highest BCUT2D eigenvalue weighted by Crippen LogP contribution is 1.97. The SMILES string of the molecule is Cn1ccc(Cn2cnc(CN)n2)n1. The van der Waals surface area contributed by atoms with Crippen molar-refractivity contribution < 1.29 is 0 Å². The lowest BCUT2D eigenvalue weighted by Gasteiger charge is -1.95. The molecule has 0 aromatic carbocycles. The van der Waals surface area contributed by atoms with Gasteiger partial charge in [-0.25, -0.2) is 9.67 Å². The van der Waals surface area contributed by atoms with Crippen molar-refractivity contribution >= 4 is 0 Å². The Morgan fingerprint density at radius 2 is 2.29 bits per heavy atom. The molecular formula is C8H12N6. The molecule has 14 heavy (non-hydrogen) atoms. The second kappa shape index (κ2) is 3.59. The van der Waals surface area contributed by atoms with Gasteiger partial charge in [-0.3, -0.25) is 4.68 Å². The molecule has 0 amide bonds. The third-order valence-electron chi connectivity index (χ3n) is 1.86. The van der Waals surface area contributed by atoms with Crippen LogP contribution in [-0.4, -0.2) is 24.5 Å². The van der Waals surface area contributed by atoms with Gasteiger partial charge in [0.1, 0.15) is 6.33 Å². The van der Waals surface area contributed by atoms with Gasteiger partial charge in [-0.2, -0.15) is 10.2 Å². The van der Waals surface area contributed by atoms with Crippen LogP contribution >= 0.6 is 0 Å². The molecule has 0 saturated heterocycles. The van der Waals surface area contributed by atoms with Gasteiger partial charge < -0.3 is 5.73 Å². The van der Waals surface area contributed by atoms with Crippen LogP contribution in [0.5, 0.6) is 0 Å². The molecule has 0 radical (unpaired) electrons. The fourth-order valence-electron chi connectivity index (χ4n) is 1.22. The molecule has 0 bridgehead atoms. The van der Waals surface area contributed by atoms with E-state index in [2.05, 4.69) is 15.2 Å². The Bertz CT molecular complexity index is 415. The standard InChI is InChI=1S/C8H12N6/c1-13-3-2-7(11-13)5-14-6-10-8(4-9)12-14/h2-3,6H,4-5,9H2,1H3. The molecule has 0 aliphatic heterocycles. The predicted octanol–water partition coefficient (Wildman–Crippen LogP) is -0.481. The molecule has 0 saturated carbocycles. The van der Waals surface area contributed by atoms with Gasteiger partial charge in [-0.15, -0.1) is 0 Å². The van der Waals surface area contributed by atoms with Gasteiger partial charge in [0.25, 0.3) is 0 Å². The summed E-state index contributed by atoms with van der Waals surface area (Å²) < 4.78 is 3.49. The van der Waals surface area contributed by atoms with Gasteiger partial charge >= 0.3 is 0 Å². The average molecular weight is 192 g/mol. The molecule has 2 aromatic heterocycles. The zero-order valence-electron chi connectivity index (χ0n) is 7.96. The van der Waals surface area contributed by atoms with Gasteiger partial charge in [-0.1, -0.05) is 0 Å². The number of nitrogens with two attached hydrogens (primary N) is 1. The van der Waals surface area contributed by atoms with E-state index >= 15 is 0 Å². The van der Waals surface area contributed by atoms with Crippen molar-refractivity contribution in [3.05, 3.63) is 30.1 Å². The molecule has 74 valence electrons. The van der Waals surface area contributed by atoms with Crippen molar-refractivity contribution in [3.8, 4) is 0 Å². The Kier molecular flexibility index (Phi) is 2.28. The molecule has 6 heteroatoms. The maximum Gasteiger partial charge on any atom is 0.164 e. The maximum absolute atomic E-state index is 5.40. The van der Waals surface area contributed by atoms with Crippen molar-refractivity contribution in [2.45, 2.75) is 13.1 Å². The number of rotatable bonds is 3. The zero-order valence-corrected chi connectivity index (χ0v) is 7.96. The fourth-order valence-corrected chi connectivity index (χ4v) is 1.22. The van der Waals surface area contributed by atoms with E-state index in [0.717, 1.165) is 5.69 Å². The Morgan fingerprint density at radius 3 is 2.86 bits per heavy atom. The minimum atomic E-state index is 0.370. The minimum absolute atomic E-state index is 0.370. The maximum atomic E-state index is 5.40. The summed E-state index contributed by atoms with van der Waals surface area (Å²) in [6.45, 7) is 1.00. The Labute approximate surface area is 81.4 Å². The van der Waals surface area contributed by atoms with Crippen molar-refractivity contribution in [2.24, 2.45) is 12.8 Å². The van der Waals surface area contributed by atoms with E-state index in [0.29, 0.717) is 18.9 Å². The third-order valence-corrected chi connectivity index (χ3v) is 1.86. The normalized spacial score (nSPS) is 10.7. The smallest absolute Gasteiger partial charge is 0.164 e. The summed E-state index contributed by atoms with van der Waals surface area (Å²) in [4.78, 5) is 4.03. The minimum Gasteiger partial charge on any atom is -0.324 e. The van der Waals surface area contributed by atoms with Gasteiger partial charge in [0, 0.05) is 13.2 Å². The molecule has 2 rings (SSSR count).